The molecule has 2 radical (unpaired) electrons. The minimum Gasteiger partial charge on any atom is -0.870 e. The molecule has 0 aromatic rings. The van der Waals surface area contributed by atoms with Crippen LogP contribution in [0, 0.1) is 0 Å². The number of hydrogen-bond donors (Lipinski definition) is 0. The summed E-state index contributed by atoms with van der Waals surface area (Å²) in [5.41, 5.74) is 0. The number of hydrogen-bond acceptors (Lipinski definition) is 4. The molecular weight excluding hydrogens is 412 g/mol. The molecule has 0 aliphatic carbocycles. The Morgan fingerprint density at radius 2 is 0.571 bits per heavy atom. The van der Waals surface area contributed by atoms with E-state index in [1.54, 1.807) is 0 Å². The molecule has 4 nitrogen and oxygen atoms in total. The number of rotatable bonds is 0. The summed E-state index contributed by atoms with van der Waals surface area (Å²) in [6.45, 7) is 0. The van der Waals surface area contributed by atoms with Gasteiger partial charge in [0.2, 0.25) is 0 Å². The predicted octanol–water partition coefficient (Wildman–Crippen LogP) is -1.09. The summed E-state index contributed by atoms with van der Waals surface area (Å²) in [4.78, 5) is 0. The molecule has 0 aromatic heterocycles. The molecule has 0 amide bonds. The molecule has 0 aliphatic rings. The first-order valence-electron chi connectivity index (χ1n) is 0. The fraction of sp³-hybridized carbons (Fsp3) is 0. The molecule has 0 bridgehead atoms. The van der Waals surface area contributed by atoms with E-state index in [1.165, 1.54) is 0 Å². The fourth-order valence-electron chi connectivity index (χ4n) is 0. The Bertz CT molecular complexity index is 11.7. The molecule has 0 aromatic carbocycles. The third-order valence-electron chi connectivity index (χ3n) is 0. The van der Waals surface area contributed by atoms with Crippen molar-refractivity contribution in [3.05, 3.63) is 0 Å². The Morgan fingerprint density at radius 1 is 0.571 bits per heavy atom. The summed E-state index contributed by atoms with van der Waals surface area (Å²) in [7, 11) is 0. The summed E-state index contributed by atoms with van der Waals surface area (Å²) in [5, 5.41) is 0. The Hall–Kier alpha value is 2.32. The van der Waals surface area contributed by atoms with E-state index in [0.717, 1.165) is 0 Å². The van der Waals surface area contributed by atoms with Crippen LogP contribution >= 0.6 is 0 Å². The Morgan fingerprint density at radius 3 is 0.571 bits per heavy atom. The van der Waals surface area contributed by atoms with E-state index >= 15 is 0 Å². The van der Waals surface area contributed by atoms with E-state index in [9.17, 15) is 0 Å². The van der Waals surface area contributed by atoms with Crippen LogP contribution in [0.15, 0.2) is 0 Å². The van der Waals surface area contributed by atoms with Crippen molar-refractivity contribution in [2.75, 3.05) is 0 Å². The van der Waals surface area contributed by atoms with E-state index in [0.29, 0.717) is 0 Å². The van der Waals surface area contributed by atoms with Crippen LogP contribution in [0.3, 0.4) is 0 Å². The van der Waals surface area contributed by atoms with Gasteiger partial charge in [-0.1, -0.05) is 0 Å². The molecule has 0 spiro atoms. The van der Waals surface area contributed by atoms with Gasteiger partial charge in [-0.3, -0.25) is 0 Å². The summed E-state index contributed by atoms with van der Waals surface area (Å²) >= 11 is 0. The van der Waals surface area contributed by atoms with Crippen LogP contribution < -0.4 is 0 Å². The normalized spacial score (nSPS) is 0. The summed E-state index contributed by atoms with van der Waals surface area (Å²) in [6.07, 6.45) is 0. The first-order valence-corrected chi connectivity index (χ1v) is 0. The minimum absolute atomic E-state index is 0. The van der Waals surface area contributed by atoms with E-state index in [-0.39, 0.29) is 96.0 Å². The zero-order valence-electron chi connectivity index (χ0n) is 3.24. The molecule has 0 fully saturated rings. The average molecular weight is 416 g/mol. The Kier molecular flexibility index (Phi) is 1420. The van der Waals surface area contributed by atoms with Crippen LogP contribution in [0.5, 0.6) is 0 Å². The van der Waals surface area contributed by atoms with Crippen LogP contribution in [-0.4, -0.2) is 48.1 Å². The second kappa shape index (κ2) is 82.8. The van der Waals surface area contributed by atoms with Gasteiger partial charge in [-0.2, -0.15) is 0 Å². The molecule has 0 saturated heterocycles. The zero-order valence-corrected chi connectivity index (χ0v) is 10.7. The predicted molar refractivity (Wildman–Crippen MR) is 13.5 cm³/mol. The maximum atomic E-state index is 0. The third-order valence-corrected chi connectivity index (χ3v) is 0. The molecular formula is H4BiO4TiZr+. The van der Waals surface area contributed by atoms with Gasteiger partial charge in [0.15, 0.2) is 0 Å². The maximum absolute atomic E-state index is 0. The van der Waals surface area contributed by atoms with Crippen molar-refractivity contribution in [1.82, 2.24) is 0 Å². The second-order valence-electron chi connectivity index (χ2n) is 0. The topological polar surface area (TPSA) is 120 Å². The minimum atomic E-state index is 0. The van der Waals surface area contributed by atoms with Crippen molar-refractivity contribution < 1.29 is 69.8 Å². The molecule has 0 heterocycles. The van der Waals surface area contributed by atoms with E-state index in [1.807, 2.05) is 0 Å². The molecule has 0 saturated carbocycles. The van der Waals surface area contributed by atoms with Crippen molar-refractivity contribution in [3.8, 4) is 0 Å². The second-order valence-corrected chi connectivity index (χ2v) is 0. The zero-order chi connectivity index (χ0) is 0. The largest absolute Gasteiger partial charge is 3.00 e. The third kappa shape index (κ3) is 61.7. The van der Waals surface area contributed by atoms with Gasteiger partial charge in [0.05, 0.1) is 0 Å². The summed E-state index contributed by atoms with van der Waals surface area (Å²) < 4.78 is 0. The van der Waals surface area contributed by atoms with Crippen LogP contribution in [0.4, 0.5) is 0 Å². The van der Waals surface area contributed by atoms with Gasteiger partial charge in [0.1, 0.15) is 0 Å². The van der Waals surface area contributed by atoms with Crippen molar-refractivity contribution in [3.63, 3.8) is 0 Å². The monoisotopic (exact) mass is 415 g/mol. The van der Waals surface area contributed by atoms with Crippen LogP contribution in [0.2, 0.25) is 0 Å². The van der Waals surface area contributed by atoms with Gasteiger partial charge in [-0.15, -0.1) is 0 Å². The Labute approximate surface area is 94.8 Å². The quantitative estimate of drug-likeness (QED) is 0.466. The van der Waals surface area contributed by atoms with Gasteiger partial charge in [-0.05, 0) is 0 Å². The molecule has 7 heteroatoms. The SMILES string of the molecule is [Bi+3].[OH-].[OH-].[OH-].[OH-].[Ti].[Zr+2]. The van der Waals surface area contributed by atoms with Crippen LogP contribution in [0.1, 0.15) is 0 Å². The first-order chi connectivity index (χ1) is 0. The van der Waals surface area contributed by atoms with E-state index in [4.69, 9.17) is 0 Å². The van der Waals surface area contributed by atoms with Gasteiger partial charge in [-0.25, -0.2) is 0 Å². The van der Waals surface area contributed by atoms with Crippen molar-refractivity contribution in [1.29, 1.82) is 0 Å². The molecule has 0 rings (SSSR count). The molecule has 0 aliphatic heterocycles. The van der Waals surface area contributed by atoms with Crippen molar-refractivity contribution in [2.45, 2.75) is 0 Å². The van der Waals surface area contributed by atoms with Crippen molar-refractivity contribution in [2.24, 2.45) is 0 Å². The van der Waals surface area contributed by atoms with Crippen LogP contribution in [-0.2, 0) is 47.9 Å². The molecule has 40 valence electrons. The Balaban J connectivity index is 0. The van der Waals surface area contributed by atoms with Crippen LogP contribution in [0.25, 0.3) is 0 Å². The fourth-order valence-corrected chi connectivity index (χ4v) is 0. The molecule has 7 heavy (non-hydrogen) atoms. The van der Waals surface area contributed by atoms with Gasteiger partial charge >= 0.3 is 52.4 Å². The summed E-state index contributed by atoms with van der Waals surface area (Å²) in [6, 6.07) is 0. The summed E-state index contributed by atoms with van der Waals surface area (Å²) in [5.74, 6) is 0. The molecule has 4 N–H and O–H groups in total. The van der Waals surface area contributed by atoms with Crippen molar-refractivity contribution >= 4 is 26.2 Å². The van der Waals surface area contributed by atoms with E-state index < -0.39 is 0 Å². The van der Waals surface area contributed by atoms with Gasteiger partial charge in [0.25, 0.3) is 0 Å². The molecule has 0 atom stereocenters. The van der Waals surface area contributed by atoms with E-state index in [2.05, 4.69) is 0 Å². The smallest absolute Gasteiger partial charge is 0.870 e. The molecule has 0 unspecified atom stereocenters. The average Bonchev–Trinajstić information content (AvgIpc) is 0. The standard InChI is InChI=1S/Bi.4H2O.Ti.Zr/h;4*1H2;;/q+3;;;;;;+2/p-4. The first kappa shape index (κ1) is 120. The maximum Gasteiger partial charge on any atom is 3.00 e. The van der Waals surface area contributed by atoms with Gasteiger partial charge in [0, 0.05) is 21.7 Å². The van der Waals surface area contributed by atoms with Gasteiger partial charge < -0.3 is 21.9 Å².